The highest BCUT2D eigenvalue weighted by Crippen LogP contribution is 2.22. The van der Waals surface area contributed by atoms with Crippen LogP contribution >= 0.6 is 34.8 Å². The molecule has 0 saturated carbocycles. The van der Waals surface area contributed by atoms with E-state index in [0.717, 1.165) is 22.8 Å². The maximum absolute atomic E-state index is 6.13. The van der Waals surface area contributed by atoms with Gasteiger partial charge in [-0.05, 0) is 30.7 Å². The van der Waals surface area contributed by atoms with E-state index in [9.17, 15) is 0 Å². The second kappa shape index (κ2) is 5.87. The summed E-state index contributed by atoms with van der Waals surface area (Å²) in [5.41, 5.74) is 2.68. The molecule has 2 aromatic rings. The third kappa shape index (κ3) is 3.35. The lowest BCUT2D eigenvalue weighted by molar-refractivity contribution is 0.912. The van der Waals surface area contributed by atoms with Gasteiger partial charge in [0.05, 0.1) is 11.6 Å². The summed E-state index contributed by atoms with van der Waals surface area (Å²) in [6.45, 7) is 1.92. The summed E-state index contributed by atoms with van der Waals surface area (Å²) in [4.78, 5) is 8.76. The van der Waals surface area contributed by atoms with E-state index < -0.39 is 0 Å². The lowest BCUT2D eigenvalue weighted by Gasteiger charge is -2.06. The number of nitrogens with zero attached hydrogens (tertiary/aromatic N) is 2. The molecule has 0 bridgehead atoms. The van der Waals surface area contributed by atoms with E-state index in [1.54, 1.807) is 12.1 Å². The topological polar surface area (TPSA) is 25.8 Å². The van der Waals surface area contributed by atoms with E-state index in [2.05, 4.69) is 9.97 Å². The average Bonchev–Trinajstić information content (AvgIpc) is 2.32. The summed E-state index contributed by atoms with van der Waals surface area (Å²) >= 11 is 17.8. The molecule has 0 aliphatic rings. The Hall–Kier alpha value is -0.830. The van der Waals surface area contributed by atoms with Crippen molar-refractivity contribution in [1.82, 2.24) is 9.97 Å². The van der Waals surface area contributed by atoms with Crippen molar-refractivity contribution in [3.05, 3.63) is 57.1 Å². The van der Waals surface area contributed by atoms with Gasteiger partial charge in [0.25, 0.3) is 0 Å². The monoisotopic (exact) mass is 300 g/mol. The predicted molar refractivity (Wildman–Crippen MR) is 75.6 cm³/mol. The predicted octanol–water partition coefficient (Wildman–Crippen LogP) is 4.42. The van der Waals surface area contributed by atoms with Crippen LogP contribution in [-0.4, -0.2) is 9.97 Å². The van der Waals surface area contributed by atoms with Gasteiger partial charge in [-0.15, -0.1) is 11.6 Å². The minimum atomic E-state index is 0.380. The Morgan fingerprint density at radius 1 is 1.11 bits per heavy atom. The Labute approximate surface area is 121 Å². The van der Waals surface area contributed by atoms with Crippen LogP contribution in [0, 0.1) is 6.92 Å². The molecule has 0 spiro atoms. The number of rotatable bonds is 3. The fraction of sp³-hybridized carbons (Fsp3) is 0.231. The lowest BCUT2D eigenvalue weighted by Crippen LogP contribution is -2.01. The van der Waals surface area contributed by atoms with Crippen molar-refractivity contribution in [2.45, 2.75) is 19.2 Å². The largest absolute Gasteiger partial charge is 0.238 e. The maximum atomic E-state index is 6.13. The molecule has 5 heteroatoms. The number of benzene rings is 1. The van der Waals surface area contributed by atoms with Crippen LogP contribution in [0.2, 0.25) is 10.0 Å². The number of alkyl halides is 1. The Morgan fingerprint density at radius 2 is 1.89 bits per heavy atom. The van der Waals surface area contributed by atoms with Gasteiger partial charge in [-0.1, -0.05) is 29.3 Å². The van der Waals surface area contributed by atoms with Crippen LogP contribution in [0.1, 0.15) is 22.8 Å². The molecule has 94 valence electrons. The number of halogens is 3. The Balaban J connectivity index is 2.30. The van der Waals surface area contributed by atoms with Gasteiger partial charge in [0.1, 0.15) is 5.82 Å². The molecule has 1 heterocycles. The van der Waals surface area contributed by atoms with Crippen molar-refractivity contribution in [2.24, 2.45) is 0 Å². The smallest absolute Gasteiger partial charge is 0.133 e. The molecule has 2 nitrogen and oxygen atoms in total. The first kappa shape index (κ1) is 13.6. The molecule has 0 aliphatic carbocycles. The van der Waals surface area contributed by atoms with Crippen molar-refractivity contribution in [2.75, 3.05) is 0 Å². The molecule has 1 aromatic heterocycles. The molecule has 0 atom stereocenters. The van der Waals surface area contributed by atoms with Crippen molar-refractivity contribution in [3.63, 3.8) is 0 Å². The zero-order valence-corrected chi connectivity index (χ0v) is 12.0. The number of aryl methyl sites for hydroxylation is 1. The van der Waals surface area contributed by atoms with Gasteiger partial charge in [-0.2, -0.15) is 0 Å². The van der Waals surface area contributed by atoms with Crippen LogP contribution < -0.4 is 0 Å². The molecule has 0 aliphatic heterocycles. The van der Waals surface area contributed by atoms with Gasteiger partial charge in [-0.25, -0.2) is 9.97 Å². The molecule has 0 N–H and O–H groups in total. The summed E-state index contributed by atoms with van der Waals surface area (Å²) in [5.74, 6) is 1.10. The van der Waals surface area contributed by atoms with Gasteiger partial charge >= 0.3 is 0 Å². The minimum absolute atomic E-state index is 0.380. The molecule has 0 unspecified atom stereocenters. The summed E-state index contributed by atoms with van der Waals surface area (Å²) in [6.07, 6.45) is 0.571. The number of hydrogen-bond donors (Lipinski definition) is 0. The maximum Gasteiger partial charge on any atom is 0.133 e. The third-order valence-corrected chi connectivity index (χ3v) is 3.31. The van der Waals surface area contributed by atoms with Gasteiger partial charge in [0.2, 0.25) is 0 Å². The molecule has 18 heavy (non-hydrogen) atoms. The van der Waals surface area contributed by atoms with Crippen LogP contribution in [0.5, 0.6) is 0 Å². The highest BCUT2D eigenvalue weighted by Gasteiger charge is 2.07. The summed E-state index contributed by atoms with van der Waals surface area (Å²) < 4.78 is 0. The molecular weight excluding hydrogens is 291 g/mol. The Morgan fingerprint density at radius 3 is 2.56 bits per heavy atom. The van der Waals surface area contributed by atoms with E-state index in [-0.39, 0.29) is 0 Å². The van der Waals surface area contributed by atoms with E-state index in [1.165, 1.54) is 0 Å². The van der Waals surface area contributed by atoms with E-state index >= 15 is 0 Å². The zero-order chi connectivity index (χ0) is 13.1. The number of hydrogen-bond acceptors (Lipinski definition) is 2. The van der Waals surface area contributed by atoms with Crippen molar-refractivity contribution in [1.29, 1.82) is 0 Å². The van der Waals surface area contributed by atoms with Crippen molar-refractivity contribution >= 4 is 34.8 Å². The lowest BCUT2D eigenvalue weighted by atomic mass is 10.1. The second-order valence-electron chi connectivity index (χ2n) is 3.96. The fourth-order valence-corrected chi connectivity index (χ4v) is 2.30. The highest BCUT2D eigenvalue weighted by atomic mass is 35.5. The Kier molecular flexibility index (Phi) is 4.44. The fourth-order valence-electron chi connectivity index (χ4n) is 1.68. The molecule has 2 rings (SSSR count). The Bertz CT molecular complexity index is 570. The van der Waals surface area contributed by atoms with Gasteiger partial charge in [0.15, 0.2) is 0 Å². The first-order valence-electron chi connectivity index (χ1n) is 5.42. The van der Waals surface area contributed by atoms with E-state index in [0.29, 0.717) is 22.3 Å². The highest BCUT2D eigenvalue weighted by molar-refractivity contribution is 6.35. The zero-order valence-electron chi connectivity index (χ0n) is 9.75. The molecule has 0 amide bonds. The normalized spacial score (nSPS) is 10.7. The van der Waals surface area contributed by atoms with Crippen LogP contribution in [0.4, 0.5) is 0 Å². The summed E-state index contributed by atoms with van der Waals surface area (Å²) in [5, 5.41) is 1.25. The summed E-state index contributed by atoms with van der Waals surface area (Å²) in [6, 6.07) is 7.29. The first-order valence-corrected chi connectivity index (χ1v) is 6.71. The second-order valence-corrected chi connectivity index (χ2v) is 5.07. The third-order valence-electron chi connectivity index (χ3n) is 2.45. The van der Waals surface area contributed by atoms with Gasteiger partial charge < -0.3 is 0 Å². The SMILES string of the molecule is Cc1cc(CCl)nc(Cc2ccc(Cl)cc2Cl)n1. The van der Waals surface area contributed by atoms with Crippen LogP contribution in [0.3, 0.4) is 0 Å². The summed E-state index contributed by atoms with van der Waals surface area (Å²) in [7, 11) is 0. The molecular formula is C13H11Cl3N2. The molecule has 0 fully saturated rings. The van der Waals surface area contributed by atoms with Crippen LogP contribution in [-0.2, 0) is 12.3 Å². The average molecular weight is 302 g/mol. The van der Waals surface area contributed by atoms with Gasteiger partial charge in [-0.3, -0.25) is 0 Å². The van der Waals surface area contributed by atoms with Crippen LogP contribution in [0.15, 0.2) is 24.3 Å². The molecule has 1 aromatic carbocycles. The minimum Gasteiger partial charge on any atom is -0.238 e. The number of aromatic nitrogens is 2. The van der Waals surface area contributed by atoms with Gasteiger partial charge in [0, 0.05) is 22.2 Å². The quantitative estimate of drug-likeness (QED) is 0.784. The molecule has 0 radical (unpaired) electrons. The van der Waals surface area contributed by atoms with Crippen LogP contribution in [0.25, 0.3) is 0 Å². The van der Waals surface area contributed by atoms with E-state index in [1.807, 2.05) is 19.1 Å². The first-order chi connectivity index (χ1) is 8.58. The molecule has 0 saturated heterocycles. The van der Waals surface area contributed by atoms with E-state index in [4.69, 9.17) is 34.8 Å². The van der Waals surface area contributed by atoms with Crippen molar-refractivity contribution < 1.29 is 0 Å². The standard InChI is InChI=1S/C13H11Cl3N2/c1-8-4-11(7-14)18-13(17-8)5-9-2-3-10(15)6-12(9)16/h2-4,6H,5,7H2,1H3. The van der Waals surface area contributed by atoms with Crippen molar-refractivity contribution in [3.8, 4) is 0 Å².